The van der Waals surface area contributed by atoms with E-state index >= 15 is 0 Å². The summed E-state index contributed by atoms with van der Waals surface area (Å²) in [6.07, 6.45) is 41.9. The lowest BCUT2D eigenvalue weighted by atomic mass is 9.77. The Morgan fingerprint density at radius 3 is 0.764 bits per heavy atom. The summed E-state index contributed by atoms with van der Waals surface area (Å²) in [5.74, 6) is 3.36. The van der Waals surface area contributed by atoms with Gasteiger partial charge in [0.1, 0.15) is 0 Å². The third kappa shape index (κ3) is 23.4. The van der Waals surface area contributed by atoms with Gasteiger partial charge in [-0.1, -0.05) is 158 Å². The molecule has 0 aliphatic heterocycles. The number of rotatable bonds is 35. The first kappa shape index (κ1) is 62.4. The third-order valence-corrected chi connectivity index (χ3v) is 19.6. The van der Waals surface area contributed by atoms with Crippen molar-refractivity contribution in [3.05, 3.63) is 0 Å². The van der Waals surface area contributed by atoms with Gasteiger partial charge in [0.15, 0.2) is 0 Å². The topological polar surface area (TPSA) is 116 Å². The van der Waals surface area contributed by atoms with Crippen molar-refractivity contribution in [1.29, 1.82) is 0 Å². The summed E-state index contributed by atoms with van der Waals surface area (Å²) in [6.45, 7) is 18.5. The number of unbranched alkanes of at least 4 members (excludes halogenated alkanes) is 4. The summed E-state index contributed by atoms with van der Waals surface area (Å²) in [5.41, 5.74) is 0. The molecular weight excluding hydrogens is 889 g/mol. The first-order valence-corrected chi connectivity index (χ1v) is 32.1. The number of carbonyl (C=O) groups excluding carboxylic acids is 4. The van der Waals surface area contributed by atoms with Crippen molar-refractivity contribution >= 4 is 23.6 Å². The van der Waals surface area contributed by atoms with E-state index in [9.17, 15) is 19.2 Å². The highest BCUT2D eigenvalue weighted by molar-refractivity contribution is 5.94. The molecule has 6 unspecified atom stereocenters. The van der Waals surface area contributed by atoms with Gasteiger partial charge in [-0.05, 0) is 176 Å². The predicted molar refractivity (Wildman–Crippen MR) is 303 cm³/mol. The van der Waals surface area contributed by atoms with Gasteiger partial charge in [-0.3, -0.25) is 19.2 Å². The van der Waals surface area contributed by atoms with Crippen LogP contribution in [0.5, 0.6) is 0 Å². The summed E-state index contributed by atoms with van der Waals surface area (Å²) >= 11 is 0. The van der Waals surface area contributed by atoms with Crippen molar-refractivity contribution in [2.24, 2.45) is 59.2 Å². The molecule has 4 fully saturated rings. The molecule has 0 spiro atoms. The first-order chi connectivity index (χ1) is 34.9. The molecule has 72 heavy (non-hydrogen) atoms. The second kappa shape index (κ2) is 36.0. The van der Waals surface area contributed by atoms with E-state index in [2.05, 4.69) is 76.7 Å². The Morgan fingerprint density at radius 2 is 0.556 bits per heavy atom. The Labute approximate surface area is 445 Å². The molecule has 418 valence electrons. The highest BCUT2D eigenvalue weighted by Gasteiger charge is 2.40. The minimum absolute atomic E-state index is 0.0242. The Bertz CT molecular complexity index is 1350. The number of nitrogens with one attached hydrogen (secondary N) is 4. The summed E-state index contributed by atoms with van der Waals surface area (Å²) in [4.78, 5) is 58.7. The van der Waals surface area contributed by atoms with Gasteiger partial charge in [0.2, 0.25) is 23.6 Å². The average Bonchev–Trinajstić information content (AvgIpc) is 3.39. The van der Waals surface area contributed by atoms with Gasteiger partial charge in [0, 0.05) is 37.0 Å². The third-order valence-electron chi connectivity index (χ3n) is 19.6. The Hall–Kier alpha value is -2.12. The highest BCUT2D eigenvalue weighted by atomic mass is 16.2. The lowest BCUT2D eigenvalue weighted by molar-refractivity contribution is -0.141. The molecule has 4 aliphatic rings. The molecule has 4 rings (SSSR count). The molecule has 4 N–H and O–H groups in total. The lowest BCUT2D eigenvalue weighted by Crippen LogP contribution is -2.51. The van der Waals surface area contributed by atoms with Gasteiger partial charge < -0.3 is 21.3 Å². The van der Waals surface area contributed by atoms with E-state index in [1.54, 1.807) is 0 Å². The normalized spacial score (nSPS) is 27.4. The van der Waals surface area contributed by atoms with Crippen LogP contribution in [0, 0.1) is 59.2 Å². The minimum Gasteiger partial charge on any atom is -0.353 e. The van der Waals surface area contributed by atoms with Gasteiger partial charge in [0.05, 0.1) is 11.8 Å². The van der Waals surface area contributed by atoms with Gasteiger partial charge in [-0.2, -0.15) is 0 Å². The predicted octanol–water partition coefficient (Wildman–Crippen LogP) is 16.1. The van der Waals surface area contributed by atoms with Crippen LogP contribution in [0.2, 0.25) is 0 Å². The van der Waals surface area contributed by atoms with Crippen LogP contribution in [0.25, 0.3) is 0 Å². The van der Waals surface area contributed by atoms with Crippen LogP contribution in [-0.4, -0.2) is 47.8 Å². The molecule has 4 amide bonds. The van der Waals surface area contributed by atoms with Crippen molar-refractivity contribution in [2.45, 2.75) is 324 Å². The zero-order valence-corrected chi connectivity index (χ0v) is 48.6. The zero-order chi connectivity index (χ0) is 52.1. The van der Waals surface area contributed by atoms with Crippen LogP contribution in [0.15, 0.2) is 0 Å². The maximum Gasteiger partial charge on any atom is 0.224 e. The van der Waals surface area contributed by atoms with Crippen molar-refractivity contribution in [2.75, 3.05) is 0 Å². The maximum absolute atomic E-state index is 15.0. The van der Waals surface area contributed by atoms with E-state index in [-0.39, 0.29) is 60.6 Å². The van der Waals surface area contributed by atoms with Crippen molar-refractivity contribution in [3.63, 3.8) is 0 Å². The van der Waals surface area contributed by atoms with Crippen LogP contribution in [-0.2, 0) is 19.2 Å². The quantitative estimate of drug-likeness (QED) is 0.0506. The fourth-order valence-corrected chi connectivity index (χ4v) is 14.4. The molecule has 0 aromatic heterocycles. The molecule has 8 heteroatoms. The summed E-state index contributed by atoms with van der Waals surface area (Å²) in [6, 6.07) is 0.219. The SMILES string of the molecule is CCCCC(CC)CC1CCC(NC(=O)CC(C(=O)NC2CCC(CC(CC)CCCC)CC2)C(CC(=O)NC2CCC(CC(CC)CCCC)CC2)C(=O)NC2CCC(CC(CC)CCCC)CC2)CC1. The number of hydrogen-bond acceptors (Lipinski definition) is 4. The molecule has 0 radical (unpaired) electrons. The number of hydrogen-bond donors (Lipinski definition) is 4. The van der Waals surface area contributed by atoms with E-state index in [1.165, 1.54) is 128 Å². The van der Waals surface area contributed by atoms with Crippen LogP contribution >= 0.6 is 0 Å². The first-order valence-electron chi connectivity index (χ1n) is 32.1. The van der Waals surface area contributed by atoms with E-state index in [1.807, 2.05) is 0 Å². The van der Waals surface area contributed by atoms with Crippen molar-refractivity contribution in [1.82, 2.24) is 21.3 Å². The van der Waals surface area contributed by atoms with Gasteiger partial charge in [-0.25, -0.2) is 0 Å². The van der Waals surface area contributed by atoms with E-state index < -0.39 is 11.8 Å². The standard InChI is InChI=1S/C64H118N4O4/c1-9-17-21-47(13-5)41-51-25-33-55(34-26-51)65-61(69)45-59(63(71)67-57-37-29-53(30-38-57)43-49(15-7)23-19-11-3)60(64(72)68-58-39-31-54(32-40-58)44-50(16-8)24-20-12-4)46-62(70)66-56-35-27-52(28-36-56)42-48(14-6)22-18-10-2/h47-60H,9-46H2,1-8H3,(H,65,69)(H,66,70)(H,67,71)(H,68,72). The second-order valence-corrected chi connectivity index (χ2v) is 25.3. The fraction of sp³-hybridized carbons (Fsp3) is 0.938. The molecular formula is C64H118N4O4. The van der Waals surface area contributed by atoms with Gasteiger partial charge in [0.25, 0.3) is 0 Å². The molecule has 6 atom stereocenters. The summed E-state index contributed by atoms with van der Waals surface area (Å²) in [5, 5.41) is 13.7. The molecule has 4 saturated carbocycles. The molecule has 0 bridgehead atoms. The van der Waals surface area contributed by atoms with E-state index in [0.717, 1.165) is 126 Å². The smallest absolute Gasteiger partial charge is 0.224 e. The van der Waals surface area contributed by atoms with Crippen molar-refractivity contribution < 1.29 is 19.2 Å². The van der Waals surface area contributed by atoms with E-state index in [0.29, 0.717) is 23.7 Å². The highest BCUT2D eigenvalue weighted by Crippen LogP contribution is 2.37. The summed E-state index contributed by atoms with van der Waals surface area (Å²) in [7, 11) is 0. The molecule has 0 aromatic rings. The maximum atomic E-state index is 15.0. The average molecular weight is 1010 g/mol. The summed E-state index contributed by atoms with van der Waals surface area (Å²) < 4.78 is 0. The Morgan fingerprint density at radius 1 is 0.333 bits per heavy atom. The zero-order valence-electron chi connectivity index (χ0n) is 48.6. The molecule has 0 aromatic carbocycles. The molecule has 4 aliphatic carbocycles. The fourth-order valence-electron chi connectivity index (χ4n) is 14.4. The number of carbonyl (C=O) groups is 4. The molecule has 0 heterocycles. The van der Waals surface area contributed by atoms with Crippen LogP contribution in [0.1, 0.15) is 299 Å². The minimum atomic E-state index is -0.919. The van der Waals surface area contributed by atoms with E-state index in [4.69, 9.17) is 0 Å². The Kier molecular flexibility index (Phi) is 31.2. The molecule has 0 saturated heterocycles. The molecule has 8 nitrogen and oxygen atoms in total. The van der Waals surface area contributed by atoms with Crippen LogP contribution in [0.4, 0.5) is 0 Å². The monoisotopic (exact) mass is 1010 g/mol. The Balaban J connectivity index is 1.50. The second-order valence-electron chi connectivity index (χ2n) is 25.3. The van der Waals surface area contributed by atoms with Gasteiger partial charge >= 0.3 is 0 Å². The van der Waals surface area contributed by atoms with Crippen LogP contribution < -0.4 is 21.3 Å². The van der Waals surface area contributed by atoms with Crippen LogP contribution in [0.3, 0.4) is 0 Å². The number of amides is 4. The lowest BCUT2D eigenvalue weighted by Gasteiger charge is -2.35. The largest absolute Gasteiger partial charge is 0.353 e. The van der Waals surface area contributed by atoms with Crippen molar-refractivity contribution in [3.8, 4) is 0 Å². The van der Waals surface area contributed by atoms with Gasteiger partial charge in [-0.15, -0.1) is 0 Å².